The van der Waals surface area contributed by atoms with E-state index in [0.717, 1.165) is 11.5 Å². The van der Waals surface area contributed by atoms with Crippen molar-refractivity contribution in [3.8, 4) is 0 Å². The molecule has 42 valence electrons. The van der Waals surface area contributed by atoms with Crippen LogP contribution in [0.1, 0.15) is 6.92 Å². The molecule has 0 aliphatic heterocycles. The summed E-state index contributed by atoms with van der Waals surface area (Å²) < 4.78 is 0. The largest absolute Gasteiger partial charge is 0.175 e. The van der Waals surface area contributed by atoms with Crippen LogP contribution in [0, 0.1) is 0 Å². The highest BCUT2D eigenvalue weighted by Crippen LogP contribution is 1.94. The summed E-state index contributed by atoms with van der Waals surface area (Å²) in [6.45, 7) is 2.04. The van der Waals surface area contributed by atoms with Gasteiger partial charge in [0.05, 0.1) is 0 Å². The first-order chi connectivity index (χ1) is 3.31. The van der Waals surface area contributed by atoms with Gasteiger partial charge in [0.1, 0.15) is 0 Å². The van der Waals surface area contributed by atoms with Gasteiger partial charge < -0.3 is 0 Å². The molecule has 0 spiro atoms. The first-order valence-corrected chi connectivity index (χ1v) is 3.45. The molecular weight excluding hydrogens is 124 g/mol. The summed E-state index contributed by atoms with van der Waals surface area (Å²) in [4.78, 5) is 0. The quantitative estimate of drug-likeness (QED) is 0.417. The van der Waals surface area contributed by atoms with Gasteiger partial charge in [-0.05, 0) is 6.92 Å². The summed E-state index contributed by atoms with van der Waals surface area (Å²) in [6, 6.07) is 0. The Kier molecular flexibility index (Phi) is 4.88. The Hall–Kier alpha value is 0.440. The molecule has 0 aromatic heterocycles. The molecule has 7 heavy (non-hydrogen) atoms. The van der Waals surface area contributed by atoms with Crippen LogP contribution in [0.5, 0.6) is 0 Å². The second kappa shape index (κ2) is 4.60. The lowest BCUT2D eigenvalue weighted by molar-refractivity contribution is 1.39. The molecule has 0 unspecified atom stereocenters. The minimum Gasteiger partial charge on any atom is -0.175 e. The average molecular weight is 134 g/mol. The van der Waals surface area contributed by atoms with E-state index < -0.39 is 0 Å². The topological polar surface area (TPSA) is 0 Å². The van der Waals surface area contributed by atoms with Crippen molar-refractivity contribution in [2.75, 3.05) is 11.5 Å². The molecule has 0 aliphatic carbocycles. The van der Waals surface area contributed by atoms with E-state index in [-0.39, 0.29) is 0 Å². The van der Waals surface area contributed by atoms with Crippen molar-refractivity contribution in [3.05, 3.63) is 11.6 Å². The van der Waals surface area contributed by atoms with Gasteiger partial charge in [0.25, 0.3) is 0 Å². The highest BCUT2D eigenvalue weighted by molar-refractivity contribution is 7.80. The van der Waals surface area contributed by atoms with E-state index >= 15 is 0 Å². The fraction of sp³-hybridized carbons (Fsp3) is 0.600. The zero-order valence-electron chi connectivity index (χ0n) is 4.39. The Morgan fingerprint density at radius 3 is 2.29 bits per heavy atom. The molecule has 0 nitrogen and oxygen atoms in total. The van der Waals surface area contributed by atoms with E-state index in [1.165, 1.54) is 5.57 Å². The van der Waals surface area contributed by atoms with Gasteiger partial charge in [0, 0.05) is 11.5 Å². The Morgan fingerprint density at radius 2 is 2.14 bits per heavy atom. The van der Waals surface area contributed by atoms with E-state index in [2.05, 4.69) is 31.3 Å². The van der Waals surface area contributed by atoms with E-state index in [4.69, 9.17) is 0 Å². The van der Waals surface area contributed by atoms with Crippen molar-refractivity contribution in [2.24, 2.45) is 0 Å². The van der Waals surface area contributed by atoms with Crippen LogP contribution in [-0.2, 0) is 0 Å². The Labute approximate surface area is 55.8 Å². The fourth-order valence-corrected chi connectivity index (χ4v) is 0.661. The third-order valence-corrected chi connectivity index (χ3v) is 1.37. The number of thiol groups is 2. The summed E-state index contributed by atoms with van der Waals surface area (Å²) in [5, 5.41) is 0. The van der Waals surface area contributed by atoms with Gasteiger partial charge >= 0.3 is 0 Å². The Morgan fingerprint density at radius 1 is 1.57 bits per heavy atom. The van der Waals surface area contributed by atoms with E-state index in [9.17, 15) is 0 Å². The van der Waals surface area contributed by atoms with E-state index in [1.807, 2.05) is 6.92 Å². The summed E-state index contributed by atoms with van der Waals surface area (Å²) in [5.74, 6) is 1.67. The Balaban J connectivity index is 3.29. The van der Waals surface area contributed by atoms with Gasteiger partial charge in [-0.15, -0.1) is 0 Å². The zero-order chi connectivity index (χ0) is 5.70. The van der Waals surface area contributed by atoms with Gasteiger partial charge in [0.2, 0.25) is 0 Å². The minimum absolute atomic E-state index is 0.826. The maximum absolute atomic E-state index is 4.05. The predicted molar refractivity (Wildman–Crippen MR) is 41.5 cm³/mol. The molecule has 0 atom stereocenters. The molecule has 2 heteroatoms. The second-order valence-corrected chi connectivity index (χ2v) is 2.07. The van der Waals surface area contributed by atoms with Crippen LogP contribution in [0.3, 0.4) is 0 Å². The highest BCUT2D eigenvalue weighted by Gasteiger charge is 1.77. The molecule has 0 heterocycles. The third kappa shape index (κ3) is 4.29. The first kappa shape index (κ1) is 7.44. The molecule has 0 aromatic rings. The van der Waals surface area contributed by atoms with Crippen molar-refractivity contribution in [3.63, 3.8) is 0 Å². The maximum atomic E-state index is 4.05. The summed E-state index contributed by atoms with van der Waals surface area (Å²) in [5.41, 5.74) is 1.29. The highest BCUT2D eigenvalue weighted by atomic mass is 32.1. The SMILES string of the molecule is CC(=CCS)CS. The van der Waals surface area contributed by atoms with Gasteiger partial charge in [0.15, 0.2) is 0 Å². The van der Waals surface area contributed by atoms with Crippen LogP contribution < -0.4 is 0 Å². The van der Waals surface area contributed by atoms with Crippen LogP contribution in [0.4, 0.5) is 0 Å². The van der Waals surface area contributed by atoms with Crippen molar-refractivity contribution in [2.45, 2.75) is 6.92 Å². The molecular formula is C5H10S2. The standard InChI is InChI=1S/C5H10S2/c1-5(4-7)2-3-6/h2,6-7H,3-4H2,1H3. The summed E-state index contributed by atoms with van der Waals surface area (Å²) in [7, 11) is 0. The van der Waals surface area contributed by atoms with Crippen molar-refractivity contribution < 1.29 is 0 Å². The zero-order valence-corrected chi connectivity index (χ0v) is 6.17. The van der Waals surface area contributed by atoms with Crippen molar-refractivity contribution in [1.29, 1.82) is 0 Å². The van der Waals surface area contributed by atoms with Crippen LogP contribution in [0.15, 0.2) is 11.6 Å². The summed E-state index contributed by atoms with van der Waals surface area (Å²) >= 11 is 8.05. The monoisotopic (exact) mass is 134 g/mol. The van der Waals surface area contributed by atoms with E-state index in [0.29, 0.717) is 0 Å². The van der Waals surface area contributed by atoms with Gasteiger partial charge in [-0.2, -0.15) is 25.3 Å². The number of rotatable bonds is 2. The molecule has 0 aliphatic rings. The lowest BCUT2D eigenvalue weighted by Gasteiger charge is -1.87. The molecule has 0 amide bonds. The maximum Gasteiger partial charge on any atom is 0.0110 e. The molecule has 0 aromatic carbocycles. The van der Waals surface area contributed by atoms with Crippen LogP contribution >= 0.6 is 25.3 Å². The third-order valence-electron chi connectivity index (χ3n) is 0.689. The van der Waals surface area contributed by atoms with Crippen molar-refractivity contribution in [1.82, 2.24) is 0 Å². The smallest absolute Gasteiger partial charge is 0.0110 e. The molecule has 0 N–H and O–H groups in total. The first-order valence-electron chi connectivity index (χ1n) is 2.18. The van der Waals surface area contributed by atoms with E-state index in [1.54, 1.807) is 0 Å². The van der Waals surface area contributed by atoms with Crippen LogP contribution in [0.25, 0.3) is 0 Å². The second-order valence-electron chi connectivity index (χ2n) is 1.39. The fourth-order valence-electron chi connectivity index (χ4n) is 0.220. The molecule has 0 fully saturated rings. The lowest BCUT2D eigenvalue weighted by Crippen LogP contribution is -1.75. The molecule has 0 radical (unpaired) electrons. The lowest BCUT2D eigenvalue weighted by atomic mass is 10.3. The van der Waals surface area contributed by atoms with Crippen LogP contribution in [0.2, 0.25) is 0 Å². The Bertz CT molecular complexity index is 66.5. The molecule has 0 bridgehead atoms. The predicted octanol–water partition coefficient (Wildman–Crippen LogP) is 1.79. The molecule has 0 rings (SSSR count). The van der Waals surface area contributed by atoms with Crippen LogP contribution in [-0.4, -0.2) is 11.5 Å². The van der Waals surface area contributed by atoms with Crippen molar-refractivity contribution >= 4 is 25.3 Å². The average Bonchev–Trinajstić information content (AvgIpc) is 1.68. The number of hydrogen-bond donors (Lipinski definition) is 2. The number of hydrogen-bond acceptors (Lipinski definition) is 2. The summed E-state index contributed by atoms with van der Waals surface area (Å²) in [6.07, 6.45) is 2.05. The molecule has 0 saturated carbocycles. The minimum atomic E-state index is 0.826. The van der Waals surface area contributed by atoms with Gasteiger partial charge in [-0.25, -0.2) is 0 Å². The van der Waals surface area contributed by atoms with Gasteiger partial charge in [-0.3, -0.25) is 0 Å². The molecule has 0 saturated heterocycles. The van der Waals surface area contributed by atoms with Gasteiger partial charge in [-0.1, -0.05) is 11.6 Å². The normalized spacial score (nSPS) is 12.1.